The van der Waals surface area contributed by atoms with Crippen LogP contribution in [0.2, 0.25) is 0 Å². The average Bonchev–Trinajstić information content (AvgIpc) is 2.84. The predicted molar refractivity (Wildman–Crippen MR) is 74.5 cm³/mol. The molecule has 0 saturated heterocycles. The molecule has 0 spiro atoms. The molecule has 2 aromatic heterocycles. The maximum Gasteiger partial charge on any atom is 0.135 e. The fourth-order valence-corrected chi connectivity index (χ4v) is 2.01. The average molecular weight is 243 g/mol. The van der Waals surface area contributed by atoms with E-state index >= 15 is 0 Å². The van der Waals surface area contributed by atoms with Crippen LogP contribution in [0.15, 0.2) is 34.9 Å². The van der Waals surface area contributed by atoms with E-state index in [-0.39, 0.29) is 0 Å². The molecular weight excluding hydrogens is 222 g/mol. The van der Waals surface area contributed by atoms with Gasteiger partial charge in [0.05, 0.1) is 0 Å². The van der Waals surface area contributed by atoms with Crippen LogP contribution in [0, 0.1) is 6.92 Å². The summed E-state index contributed by atoms with van der Waals surface area (Å²) in [6.45, 7) is 4.22. The molecule has 0 N–H and O–H groups in total. The standard InChI is InChI=1S/C16H21NO/c1-3-4-5-6-7-15-10-11-16(18-15)14-9-8-13(2)17-12-14/h8-12H,3-7H2,1-2H3. The van der Waals surface area contributed by atoms with Crippen LogP contribution in [0.25, 0.3) is 11.3 Å². The van der Waals surface area contributed by atoms with Gasteiger partial charge in [0.1, 0.15) is 11.5 Å². The minimum absolute atomic E-state index is 0.924. The van der Waals surface area contributed by atoms with E-state index in [1.54, 1.807) is 0 Å². The molecule has 0 aliphatic rings. The first-order chi connectivity index (χ1) is 8.79. The third kappa shape index (κ3) is 3.46. The molecular formula is C16H21NO. The molecule has 0 aromatic carbocycles. The van der Waals surface area contributed by atoms with Crippen molar-refractivity contribution in [1.82, 2.24) is 4.98 Å². The predicted octanol–water partition coefficient (Wildman–Crippen LogP) is 4.77. The van der Waals surface area contributed by atoms with Gasteiger partial charge in [0.15, 0.2) is 0 Å². The Labute approximate surface area is 109 Å². The Morgan fingerprint density at radius 3 is 2.67 bits per heavy atom. The van der Waals surface area contributed by atoms with Crippen LogP contribution < -0.4 is 0 Å². The van der Waals surface area contributed by atoms with Crippen LogP contribution in [0.5, 0.6) is 0 Å². The maximum absolute atomic E-state index is 5.85. The van der Waals surface area contributed by atoms with Crippen LogP contribution in [-0.4, -0.2) is 4.98 Å². The van der Waals surface area contributed by atoms with Gasteiger partial charge in [-0.3, -0.25) is 4.98 Å². The number of nitrogens with zero attached hydrogens (tertiary/aromatic N) is 1. The molecule has 2 aromatic rings. The van der Waals surface area contributed by atoms with Gasteiger partial charge in [0.2, 0.25) is 0 Å². The smallest absolute Gasteiger partial charge is 0.135 e. The molecule has 0 atom stereocenters. The van der Waals surface area contributed by atoms with Crippen molar-refractivity contribution in [3.05, 3.63) is 41.9 Å². The number of aryl methyl sites for hydroxylation is 2. The van der Waals surface area contributed by atoms with Gasteiger partial charge in [-0.1, -0.05) is 26.2 Å². The van der Waals surface area contributed by atoms with Crippen molar-refractivity contribution >= 4 is 0 Å². The summed E-state index contributed by atoms with van der Waals surface area (Å²) in [4.78, 5) is 4.29. The van der Waals surface area contributed by atoms with Gasteiger partial charge in [0, 0.05) is 23.9 Å². The zero-order chi connectivity index (χ0) is 12.8. The first-order valence-electron chi connectivity index (χ1n) is 6.81. The molecule has 0 bridgehead atoms. The second kappa shape index (κ2) is 6.39. The Morgan fingerprint density at radius 1 is 1.06 bits per heavy atom. The summed E-state index contributed by atoms with van der Waals surface area (Å²) in [6.07, 6.45) is 8.01. The van der Waals surface area contributed by atoms with Gasteiger partial charge in [-0.2, -0.15) is 0 Å². The zero-order valence-corrected chi connectivity index (χ0v) is 11.3. The van der Waals surface area contributed by atoms with Gasteiger partial charge < -0.3 is 4.42 Å². The van der Waals surface area contributed by atoms with Crippen LogP contribution in [-0.2, 0) is 6.42 Å². The van der Waals surface area contributed by atoms with Crippen molar-refractivity contribution in [2.45, 2.75) is 46.0 Å². The van der Waals surface area contributed by atoms with Crippen molar-refractivity contribution < 1.29 is 4.42 Å². The Balaban J connectivity index is 1.95. The summed E-state index contributed by atoms with van der Waals surface area (Å²) in [5.41, 5.74) is 2.09. The minimum Gasteiger partial charge on any atom is -0.461 e. The highest BCUT2D eigenvalue weighted by Crippen LogP contribution is 2.22. The second-order valence-corrected chi connectivity index (χ2v) is 4.76. The van der Waals surface area contributed by atoms with E-state index in [2.05, 4.69) is 24.0 Å². The van der Waals surface area contributed by atoms with E-state index < -0.39 is 0 Å². The molecule has 2 nitrogen and oxygen atoms in total. The monoisotopic (exact) mass is 243 g/mol. The van der Waals surface area contributed by atoms with Gasteiger partial charge >= 0.3 is 0 Å². The molecule has 96 valence electrons. The number of hydrogen-bond donors (Lipinski definition) is 0. The highest BCUT2D eigenvalue weighted by molar-refractivity contribution is 5.56. The fraction of sp³-hybridized carbons (Fsp3) is 0.438. The Bertz CT molecular complexity index is 470. The first kappa shape index (κ1) is 12.9. The molecule has 2 heteroatoms. The Hall–Kier alpha value is -1.57. The molecule has 0 radical (unpaired) electrons. The first-order valence-corrected chi connectivity index (χ1v) is 6.81. The number of rotatable bonds is 6. The number of aromatic nitrogens is 1. The number of furan rings is 1. The minimum atomic E-state index is 0.924. The van der Waals surface area contributed by atoms with E-state index in [0.717, 1.165) is 29.2 Å². The summed E-state index contributed by atoms with van der Waals surface area (Å²) in [7, 11) is 0. The van der Waals surface area contributed by atoms with E-state index in [1.807, 2.05) is 25.3 Å². The summed E-state index contributed by atoms with van der Waals surface area (Å²) in [6, 6.07) is 8.20. The highest BCUT2D eigenvalue weighted by Gasteiger charge is 2.04. The van der Waals surface area contributed by atoms with E-state index in [4.69, 9.17) is 4.42 Å². The topological polar surface area (TPSA) is 26.0 Å². The lowest BCUT2D eigenvalue weighted by Gasteiger charge is -1.99. The molecule has 0 aliphatic heterocycles. The van der Waals surface area contributed by atoms with E-state index in [1.165, 1.54) is 25.7 Å². The largest absolute Gasteiger partial charge is 0.461 e. The highest BCUT2D eigenvalue weighted by atomic mass is 16.3. The Morgan fingerprint density at radius 2 is 1.94 bits per heavy atom. The van der Waals surface area contributed by atoms with E-state index in [0.29, 0.717) is 0 Å². The molecule has 18 heavy (non-hydrogen) atoms. The van der Waals surface area contributed by atoms with Crippen LogP contribution in [0.3, 0.4) is 0 Å². The lowest BCUT2D eigenvalue weighted by Crippen LogP contribution is -1.83. The van der Waals surface area contributed by atoms with Gasteiger partial charge in [0.25, 0.3) is 0 Å². The molecule has 2 rings (SSSR count). The molecule has 0 saturated carbocycles. The normalized spacial score (nSPS) is 10.8. The van der Waals surface area contributed by atoms with Crippen molar-refractivity contribution in [1.29, 1.82) is 0 Å². The maximum atomic E-state index is 5.85. The quantitative estimate of drug-likeness (QED) is 0.683. The number of pyridine rings is 1. The van der Waals surface area contributed by atoms with Crippen molar-refractivity contribution in [3.8, 4) is 11.3 Å². The molecule has 0 fully saturated rings. The lowest BCUT2D eigenvalue weighted by molar-refractivity contribution is 0.505. The Kier molecular flexibility index (Phi) is 4.57. The summed E-state index contributed by atoms with van der Waals surface area (Å²) < 4.78 is 5.85. The summed E-state index contributed by atoms with van der Waals surface area (Å²) in [5.74, 6) is 2.01. The van der Waals surface area contributed by atoms with Gasteiger partial charge in [-0.25, -0.2) is 0 Å². The lowest BCUT2D eigenvalue weighted by atomic mass is 10.1. The number of unbranched alkanes of at least 4 members (excludes halogenated alkanes) is 3. The van der Waals surface area contributed by atoms with Crippen molar-refractivity contribution in [3.63, 3.8) is 0 Å². The van der Waals surface area contributed by atoms with Crippen molar-refractivity contribution in [2.75, 3.05) is 0 Å². The molecule has 0 unspecified atom stereocenters. The second-order valence-electron chi connectivity index (χ2n) is 4.76. The van der Waals surface area contributed by atoms with E-state index in [9.17, 15) is 0 Å². The van der Waals surface area contributed by atoms with Crippen LogP contribution >= 0.6 is 0 Å². The van der Waals surface area contributed by atoms with Crippen LogP contribution in [0.1, 0.15) is 44.1 Å². The summed E-state index contributed by atoms with van der Waals surface area (Å²) in [5, 5.41) is 0. The summed E-state index contributed by atoms with van der Waals surface area (Å²) >= 11 is 0. The third-order valence-electron chi connectivity index (χ3n) is 3.13. The fourth-order valence-electron chi connectivity index (χ4n) is 2.01. The zero-order valence-electron chi connectivity index (χ0n) is 11.3. The van der Waals surface area contributed by atoms with Gasteiger partial charge in [-0.05, 0) is 37.6 Å². The van der Waals surface area contributed by atoms with Crippen molar-refractivity contribution in [2.24, 2.45) is 0 Å². The van der Waals surface area contributed by atoms with Gasteiger partial charge in [-0.15, -0.1) is 0 Å². The molecule has 2 heterocycles. The molecule has 0 aliphatic carbocycles. The van der Waals surface area contributed by atoms with Crippen LogP contribution in [0.4, 0.5) is 0 Å². The molecule has 0 amide bonds. The third-order valence-corrected chi connectivity index (χ3v) is 3.13. The SMILES string of the molecule is CCCCCCc1ccc(-c2ccc(C)nc2)o1. The number of hydrogen-bond acceptors (Lipinski definition) is 2.